The Morgan fingerprint density at radius 3 is 2.68 bits per heavy atom. The summed E-state index contributed by atoms with van der Waals surface area (Å²) in [6.07, 6.45) is 11.3. The van der Waals surface area contributed by atoms with E-state index in [0.29, 0.717) is 24.7 Å². The first-order chi connectivity index (χ1) is 15.3. The molecule has 162 valence electrons. The number of rotatable bonds is 4. The Morgan fingerprint density at radius 2 is 1.87 bits per heavy atom. The number of anilines is 1. The maximum absolute atomic E-state index is 6.37. The van der Waals surface area contributed by atoms with Crippen molar-refractivity contribution < 1.29 is 4.74 Å². The molecule has 2 bridgehead atoms. The number of hydrogen-bond donors (Lipinski definition) is 1. The quantitative estimate of drug-likeness (QED) is 0.695. The summed E-state index contributed by atoms with van der Waals surface area (Å²) in [7, 11) is 0. The van der Waals surface area contributed by atoms with E-state index in [4.69, 9.17) is 14.7 Å². The predicted octanol–water partition coefficient (Wildman–Crippen LogP) is 2.23. The lowest BCUT2D eigenvalue weighted by atomic mass is 9.95. The summed E-state index contributed by atoms with van der Waals surface area (Å²) < 4.78 is 8.29. The molecule has 31 heavy (non-hydrogen) atoms. The summed E-state index contributed by atoms with van der Waals surface area (Å²) in [6, 6.07) is 5.70. The van der Waals surface area contributed by atoms with E-state index in [1.807, 2.05) is 23.0 Å². The van der Waals surface area contributed by atoms with E-state index >= 15 is 0 Å². The molecule has 3 aromatic heterocycles. The first kappa shape index (κ1) is 18.2. The minimum Gasteiger partial charge on any atom is -0.461 e. The third-order valence-corrected chi connectivity index (χ3v) is 7.99. The molecule has 4 fully saturated rings. The molecule has 0 spiro atoms. The fourth-order valence-corrected chi connectivity index (χ4v) is 6.51. The summed E-state index contributed by atoms with van der Waals surface area (Å²) in [5.74, 6) is 0.997. The average Bonchev–Trinajstić information content (AvgIpc) is 3.55. The molecular weight excluding hydrogens is 390 g/mol. The van der Waals surface area contributed by atoms with Crippen LogP contribution in [0.1, 0.15) is 38.5 Å². The second-order valence-electron chi connectivity index (χ2n) is 9.82. The van der Waals surface area contributed by atoms with Crippen molar-refractivity contribution in [3.05, 3.63) is 24.5 Å². The van der Waals surface area contributed by atoms with Crippen LogP contribution in [-0.4, -0.2) is 74.9 Å². The smallest absolute Gasteiger partial charge is 0.319 e. The van der Waals surface area contributed by atoms with Crippen LogP contribution in [0.25, 0.3) is 16.4 Å². The second-order valence-corrected chi connectivity index (χ2v) is 9.82. The Hall–Kier alpha value is -2.45. The topological polar surface area (TPSA) is 70.8 Å². The molecule has 8 heteroatoms. The molecule has 2 atom stereocenters. The van der Waals surface area contributed by atoms with Crippen molar-refractivity contribution >= 4 is 22.2 Å². The van der Waals surface area contributed by atoms with E-state index in [-0.39, 0.29) is 5.54 Å². The number of ether oxygens (including phenoxy) is 1. The molecule has 4 aliphatic rings. The van der Waals surface area contributed by atoms with Crippen molar-refractivity contribution in [2.24, 2.45) is 0 Å². The molecule has 7 heterocycles. The molecule has 0 aliphatic carbocycles. The maximum Gasteiger partial charge on any atom is 0.319 e. The Balaban J connectivity index is 1.29. The molecule has 0 saturated carbocycles. The highest BCUT2D eigenvalue weighted by Gasteiger charge is 2.45. The molecule has 0 aromatic carbocycles. The minimum atomic E-state index is 0.196. The number of piperazine rings is 1. The van der Waals surface area contributed by atoms with Gasteiger partial charge in [-0.15, -0.1) is 0 Å². The van der Waals surface area contributed by atoms with Gasteiger partial charge in [-0.05, 0) is 63.7 Å². The molecule has 1 N–H and O–H groups in total. The van der Waals surface area contributed by atoms with Gasteiger partial charge in [-0.25, -0.2) is 4.52 Å². The van der Waals surface area contributed by atoms with Crippen molar-refractivity contribution in [1.29, 1.82) is 0 Å². The van der Waals surface area contributed by atoms with Crippen LogP contribution in [0.5, 0.6) is 6.01 Å². The lowest BCUT2D eigenvalue weighted by Gasteiger charge is -2.34. The second kappa shape index (κ2) is 6.77. The van der Waals surface area contributed by atoms with Crippen LogP contribution in [0.4, 0.5) is 5.82 Å². The number of nitrogens with zero attached hydrogens (tertiary/aromatic N) is 6. The molecule has 7 rings (SSSR count). The lowest BCUT2D eigenvalue weighted by molar-refractivity contribution is 0.108. The fraction of sp³-hybridized carbons (Fsp3) is 0.609. The van der Waals surface area contributed by atoms with Gasteiger partial charge in [-0.3, -0.25) is 4.90 Å². The minimum absolute atomic E-state index is 0.196. The molecular formula is C23H29N7O. The van der Waals surface area contributed by atoms with Crippen molar-refractivity contribution in [2.45, 2.75) is 56.1 Å². The normalized spacial score (nSPS) is 27.4. The number of pyridine rings is 1. The molecule has 3 aromatic rings. The summed E-state index contributed by atoms with van der Waals surface area (Å²) >= 11 is 0. The highest BCUT2D eigenvalue weighted by Crippen LogP contribution is 2.39. The zero-order chi connectivity index (χ0) is 20.4. The third-order valence-electron chi connectivity index (χ3n) is 7.99. The van der Waals surface area contributed by atoms with E-state index < -0.39 is 0 Å². The van der Waals surface area contributed by atoms with E-state index in [2.05, 4.69) is 26.3 Å². The number of hydrogen-bond acceptors (Lipinski definition) is 7. The van der Waals surface area contributed by atoms with Crippen LogP contribution in [0.2, 0.25) is 0 Å². The van der Waals surface area contributed by atoms with Gasteiger partial charge in [0.15, 0.2) is 0 Å². The van der Waals surface area contributed by atoms with Crippen molar-refractivity contribution in [3.8, 4) is 6.01 Å². The van der Waals surface area contributed by atoms with Crippen LogP contribution < -0.4 is 15.0 Å². The first-order valence-electron chi connectivity index (χ1n) is 11.8. The zero-order valence-corrected chi connectivity index (χ0v) is 17.8. The van der Waals surface area contributed by atoms with Crippen LogP contribution in [0.3, 0.4) is 0 Å². The van der Waals surface area contributed by atoms with Gasteiger partial charge in [-0.2, -0.15) is 15.1 Å². The van der Waals surface area contributed by atoms with Gasteiger partial charge in [0.1, 0.15) is 12.4 Å². The first-order valence-corrected chi connectivity index (χ1v) is 11.8. The Morgan fingerprint density at radius 1 is 1.06 bits per heavy atom. The molecule has 4 saturated heterocycles. The van der Waals surface area contributed by atoms with Crippen LogP contribution in [0.15, 0.2) is 24.5 Å². The maximum atomic E-state index is 6.37. The zero-order valence-electron chi connectivity index (χ0n) is 17.8. The SMILES string of the molecule is c1cc2c3c(N4CC5CCC(C4)N5)nc(OCC45CCCN4CCC5)nc3ccn2n1. The van der Waals surface area contributed by atoms with Gasteiger partial charge in [0.2, 0.25) is 0 Å². The van der Waals surface area contributed by atoms with Gasteiger partial charge in [0.05, 0.1) is 28.2 Å². The standard InChI is InChI=1S/C23H29N7O/c1-7-23(8-2-11-29(23)10-1)15-31-22-26-18-6-12-30-19(5-9-24-30)20(18)21(27-22)28-13-16-3-4-17(14-28)25-16/h5-6,9,12,16-17,25H,1-4,7-8,10-11,13-15H2. The highest BCUT2D eigenvalue weighted by molar-refractivity contribution is 6.01. The predicted molar refractivity (Wildman–Crippen MR) is 119 cm³/mol. The summed E-state index contributed by atoms with van der Waals surface area (Å²) in [5, 5.41) is 9.25. The fourth-order valence-electron chi connectivity index (χ4n) is 6.51. The van der Waals surface area contributed by atoms with Gasteiger partial charge in [0.25, 0.3) is 0 Å². The van der Waals surface area contributed by atoms with Crippen molar-refractivity contribution in [2.75, 3.05) is 37.7 Å². The van der Waals surface area contributed by atoms with E-state index in [0.717, 1.165) is 35.3 Å². The molecule has 8 nitrogen and oxygen atoms in total. The Bertz CT molecular complexity index is 1120. The third kappa shape index (κ3) is 2.84. The largest absolute Gasteiger partial charge is 0.461 e. The van der Waals surface area contributed by atoms with Gasteiger partial charge >= 0.3 is 6.01 Å². The van der Waals surface area contributed by atoms with E-state index in [9.17, 15) is 0 Å². The van der Waals surface area contributed by atoms with Crippen molar-refractivity contribution in [1.82, 2.24) is 29.8 Å². The van der Waals surface area contributed by atoms with E-state index in [1.165, 1.54) is 51.6 Å². The van der Waals surface area contributed by atoms with Gasteiger partial charge < -0.3 is 15.0 Å². The monoisotopic (exact) mass is 419 g/mol. The highest BCUT2D eigenvalue weighted by atomic mass is 16.5. The number of nitrogens with one attached hydrogen (secondary N) is 1. The van der Waals surface area contributed by atoms with Gasteiger partial charge in [0, 0.05) is 31.4 Å². The summed E-state index contributed by atoms with van der Waals surface area (Å²) in [4.78, 5) is 14.9. The average molecular weight is 420 g/mol. The molecule has 4 aliphatic heterocycles. The lowest BCUT2D eigenvalue weighted by Crippen LogP contribution is -2.51. The molecule has 0 radical (unpaired) electrons. The Kier molecular flexibility index (Phi) is 3.97. The van der Waals surface area contributed by atoms with Crippen LogP contribution in [-0.2, 0) is 0 Å². The number of fused-ring (bicyclic) bond motifs is 6. The number of aromatic nitrogens is 4. The van der Waals surface area contributed by atoms with Gasteiger partial charge in [-0.1, -0.05) is 0 Å². The summed E-state index contributed by atoms with van der Waals surface area (Å²) in [6.45, 7) is 5.06. The summed E-state index contributed by atoms with van der Waals surface area (Å²) in [5.41, 5.74) is 2.19. The van der Waals surface area contributed by atoms with E-state index in [1.54, 1.807) is 0 Å². The molecule has 0 amide bonds. The molecule has 2 unspecified atom stereocenters. The van der Waals surface area contributed by atoms with Crippen LogP contribution >= 0.6 is 0 Å². The Labute approximate surface area is 181 Å². The van der Waals surface area contributed by atoms with Crippen LogP contribution in [0, 0.1) is 0 Å². The van der Waals surface area contributed by atoms with Crippen molar-refractivity contribution in [3.63, 3.8) is 0 Å².